The van der Waals surface area contributed by atoms with Crippen molar-refractivity contribution in [2.75, 3.05) is 37.4 Å². The molecule has 1 unspecified atom stereocenters. The van der Waals surface area contributed by atoms with E-state index in [4.69, 9.17) is 9.84 Å². The molecule has 4 N–H and O–H groups in total. The highest BCUT2D eigenvalue weighted by Crippen LogP contribution is 2.60. The maximum atomic E-state index is 9.65. The lowest BCUT2D eigenvalue weighted by Gasteiger charge is -2.60. The van der Waals surface area contributed by atoms with E-state index >= 15 is 0 Å². The normalized spacial score (nSPS) is 28.5. The largest absolute Gasteiger partial charge is 0.496 e. The van der Waals surface area contributed by atoms with Gasteiger partial charge in [0.2, 0.25) is 5.95 Å². The van der Waals surface area contributed by atoms with Crippen molar-refractivity contribution in [3.8, 4) is 11.8 Å². The van der Waals surface area contributed by atoms with E-state index in [9.17, 15) is 5.26 Å². The van der Waals surface area contributed by atoms with E-state index in [0.29, 0.717) is 41.8 Å². The average Bonchev–Trinajstić information content (AvgIpc) is 2.87. The van der Waals surface area contributed by atoms with Gasteiger partial charge in [0, 0.05) is 31.3 Å². The van der Waals surface area contributed by atoms with Crippen LogP contribution in [0.25, 0.3) is 0 Å². The van der Waals surface area contributed by atoms with E-state index in [2.05, 4.69) is 32.0 Å². The summed E-state index contributed by atoms with van der Waals surface area (Å²) in [4.78, 5) is 9.01. The Labute approximate surface area is 207 Å². The third kappa shape index (κ3) is 5.07. The monoisotopic (exact) mass is 476 g/mol. The van der Waals surface area contributed by atoms with Crippen molar-refractivity contribution in [3.63, 3.8) is 0 Å². The van der Waals surface area contributed by atoms with Crippen LogP contribution in [0.5, 0.6) is 5.75 Å². The zero-order valence-electron chi connectivity index (χ0n) is 20.5. The van der Waals surface area contributed by atoms with Gasteiger partial charge in [0.1, 0.15) is 23.2 Å². The van der Waals surface area contributed by atoms with Gasteiger partial charge in [-0.2, -0.15) is 10.2 Å². The van der Waals surface area contributed by atoms with Crippen LogP contribution in [0.2, 0.25) is 0 Å². The summed E-state index contributed by atoms with van der Waals surface area (Å²) in [5, 5.41) is 29.4. The quantitative estimate of drug-likeness (QED) is 0.364. The van der Waals surface area contributed by atoms with Crippen LogP contribution in [0, 0.1) is 34.5 Å². The van der Waals surface area contributed by atoms with Crippen LogP contribution in [-0.4, -0.2) is 47.9 Å². The van der Waals surface area contributed by atoms with E-state index in [0.717, 1.165) is 36.7 Å². The number of nitriles is 1. The van der Waals surface area contributed by atoms with Gasteiger partial charge in [-0.3, -0.25) is 0 Å². The van der Waals surface area contributed by atoms with Crippen molar-refractivity contribution in [1.82, 2.24) is 15.3 Å². The summed E-state index contributed by atoms with van der Waals surface area (Å²) in [7, 11) is 1.66. The first-order valence-corrected chi connectivity index (χ1v) is 12.8. The first-order valence-electron chi connectivity index (χ1n) is 12.8. The van der Waals surface area contributed by atoms with Crippen molar-refractivity contribution in [2.24, 2.45) is 23.2 Å². The second-order valence-electron chi connectivity index (χ2n) is 10.6. The molecule has 6 rings (SSSR count). The molecule has 0 radical (unpaired) electrons. The number of nitrogens with one attached hydrogen (secondary N) is 3. The minimum atomic E-state index is 0.251. The van der Waals surface area contributed by atoms with Crippen molar-refractivity contribution in [1.29, 1.82) is 5.26 Å². The number of nitrogens with zero attached hydrogens (tertiary/aromatic N) is 3. The summed E-state index contributed by atoms with van der Waals surface area (Å²) in [6, 6.07) is 10.7. The van der Waals surface area contributed by atoms with Crippen LogP contribution < -0.4 is 20.7 Å². The molecule has 35 heavy (non-hydrogen) atoms. The second-order valence-corrected chi connectivity index (χ2v) is 10.6. The van der Waals surface area contributed by atoms with Gasteiger partial charge in [-0.15, -0.1) is 0 Å². The van der Waals surface area contributed by atoms with Crippen LogP contribution in [0.1, 0.15) is 49.7 Å². The number of hydrogen-bond donors (Lipinski definition) is 4. The lowest BCUT2D eigenvalue weighted by Crippen LogP contribution is -2.59. The van der Waals surface area contributed by atoms with Crippen LogP contribution in [0.4, 0.5) is 11.8 Å². The maximum Gasteiger partial charge on any atom is 0.224 e. The maximum absolute atomic E-state index is 9.65. The number of hydrogen-bond acceptors (Lipinski definition) is 8. The summed E-state index contributed by atoms with van der Waals surface area (Å²) < 4.78 is 5.43. The molecule has 0 aliphatic heterocycles. The molecule has 186 valence electrons. The molecular weight excluding hydrogens is 440 g/mol. The van der Waals surface area contributed by atoms with Crippen molar-refractivity contribution < 1.29 is 9.84 Å². The summed E-state index contributed by atoms with van der Waals surface area (Å²) in [6.07, 6.45) is 8.77. The smallest absolute Gasteiger partial charge is 0.224 e. The SMILES string of the molecule is COc1ccccc1CNc1ncc(C#N)c(NC[C@@]23CC4C[C@H](C2)[C@@H](NCCCO)[C@@H](C4)C3)n1. The Morgan fingerprint density at radius 2 is 1.97 bits per heavy atom. The van der Waals surface area contributed by atoms with Crippen LogP contribution in [-0.2, 0) is 6.54 Å². The van der Waals surface area contributed by atoms with Gasteiger partial charge in [0.05, 0.1) is 13.3 Å². The van der Waals surface area contributed by atoms with Gasteiger partial charge in [-0.05, 0) is 74.3 Å². The predicted octanol–water partition coefficient (Wildman–Crippen LogP) is 3.55. The van der Waals surface area contributed by atoms with Crippen molar-refractivity contribution in [2.45, 2.75) is 51.1 Å². The number of methoxy groups -OCH3 is 1. The van der Waals surface area contributed by atoms with Gasteiger partial charge < -0.3 is 25.8 Å². The first kappa shape index (κ1) is 23.8. The van der Waals surface area contributed by atoms with Gasteiger partial charge in [-0.25, -0.2) is 4.98 Å². The molecule has 2 aromatic rings. The highest BCUT2D eigenvalue weighted by atomic mass is 16.5. The first-order chi connectivity index (χ1) is 17.1. The molecule has 4 aliphatic carbocycles. The molecular formula is C27H36N6O2. The molecule has 0 spiro atoms. The predicted molar refractivity (Wildman–Crippen MR) is 135 cm³/mol. The minimum absolute atomic E-state index is 0.251. The Hall–Kier alpha value is -2.89. The number of ether oxygens (including phenoxy) is 1. The van der Waals surface area contributed by atoms with Crippen LogP contribution in [0.3, 0.4) is 0 Å². The zero-order valence-corrected chi connectivity index (χ0v) is 20.5. The topological polar surface area (TPSA) is 115 Å². The molecule has 5 atom stereocenters. The number of aliphatic hydroxyl groups is 1. The van der Waals surface area contributed by atoms with E-state index < -0.39 is 0 Å². The molecule has 4 saturated carbocycles. The van der Waals surface area contributed by atoms with Crippen molar-refractivity contribution in [3.05, 3.63) is 41.6 Å². The molecule has 0 amide bonds. The summed E-state index contributed by atoms with van der Waals surface area (Å²) >= 11 is 0. The number of rotatable bonds is 11. The minimum Gasteiger partial charge on any atom is -0.496 e. The lowest BCUT2D eigenvalue weighted by molar-refractivity contribution is -0.0694. The van der Waals surface area contributed by atoms with Crippen molar-refractivity contribution >= 4 is 11.8 Å². The third-order valence-corrected chi connectivity index (χ3v) is 8.28. The highest BCUT2D eigenvalue weighted by Gasteiger charge is 2.54. The third-order valence-electron chi connectivity index (χ3n) is 8.28. The number of aliphatic hydroxyl groups excluding tert-OH is 1. The van der Waals surface area contributed by atoms with Gasteiger partial charge in [0.15, 0.2) is 0 Å². The van der Waals surface area contributed by atoms with Gasteiger partial charge >= 0.3 is 0 Å². The second kappa shape index (κ2) is 10.4. The standard InChI is InChI=1S/C27H36N6O2/c1-35-23-6-3-2-5-19(23)15-30-26-31-16-22(14-28)25(33-26)32-17-27-11-18-9-20(12-27)24(21(10-18)13-27)29-7-4-8-34/h2-3,5-6,16,18,20-21,24,29,34H,4,7-13,15,17H2,1H3,(H2,30,31,32,33)/t18?,20-,21+,24-,27+. The Balaban J connectivity index is 1.24. The molecule has 1 heterocycles. The summed E-state index contributed by atoms with van der Waals surface area (Å²) in [5.74, 6) is 4.15. The Morgan fingerprint density at radius 3 is 2.71 bits per heavy atom. The molecule has 1 aromatic heterocycles. The highest BCUT2D eigenvalue weighted by molar-refractivity contribution is 5.53. The molecule has 8 heteroatoms. The number of aromatic nitrogens is 2. The molecule has 4 fully saturated rings. The zero-order chi connectivity index (χ0) is 24.3. The van der Waals surface area contributed by atoms with Gasteiger partial charge in [-0.1, -0.05) is 18.2 Å². The number of anilines is 2. The Morgan fingerprint density at radius 1 is 1.17 bits per heavy atom. The lowest BCUT2D eigenvalue weighted by atomic mass is 9.48. The van der Waals surface area contributed by atoms with Crippen LogP contribution in [0.15, 0.2) is 30.5 Å². The fourth-order valence-electron chi connectivity index (χ4n) is 7.07. The van der Waals surface area contributed by atoms with E-state index in [1.165, 1.54) is 32.1 Å². The summed E-state index contributed by atoms with van der Waals surface area (Å²) in [6.45, 7) is 2.54. The number of benzene rings is 1. The van der Waals surface area contributed by atoms with E-state index in [1.807, 2.05) is 24.3 Å². The molecule has 1 aromatic carbocycles. The molecule has 4 bridgehead atoms. The number of para-hydroxylation sites is 1. The van der Waals surface area contributed by atoms with Crippen LogP contribution >= 0.6 is 0 Å². The Bertz CT molecular complexity index is 1050. The van der Waals surface area contributed by atoms with E-state index in [1.54, 1.807) is 13.3 Å². The molecule has 4 aliphatic rings. The average molecular weight is 477 g/mol. The van der Waals surface area contributed by atoms with Gasteiger partial charge in [0.25, 0.3) is 0 Å². The fourth-order valence-corrected chi connectivity index (χ4v) is 7.07. The molecule has 0 saturated heterocycles. The Kier molecular flexibility index (Phi) is 7.07. The fraction of sp³-hybridized carbons (Fsp3) is 0.593. The molecule has 8 nitrogen and oxygen atoms in total. The van der Waals surface area contributed by atoms with E-state index in [-0.39, 0.29) is 12.0 Å². The summed E-state index contributed by atoms with van der Waals surface area (Å²) in [5.41, 5.74) is 1.77.